The first-order valence-corrected chi connectivity index (χ1v) is 12.6. The lowest BCUT2D eigenvalue weighted by Crippen LogP contribution is -2.53. The van der Waals surface area contributed by atoms with Crippen molar-refractivity contribution in [2.75, 3.05) is 32.1 Å². The summed E-state index contributed by atoms with van der Waals surface area (Å²) in [6.07, 6.45) is 7.68. The predicted octanol–water partition coefficient (Wildman–Crippen LogP) is 4.42. The van der Waals surface area contributed by atoms with Crippen LogP contribution in [0, 0.1) is 18.7 Å². The molecule has 1 aliphatic carbocycles. The van der Waals surface area contributed by atoms with Crippen LogP contribution in [0.4, 0.5) is 15.9 Å². The number of imidazole rings is 1. The smallest absolute Gasteiger partial charge is 0.254 e. The van der Waals surface area contributed by atoms with E-state index in [9.17, 15) is 9.18 Å². The van der Waals surface area contributed by atoms with E-state index < -0.39 is 5.82 Å². The Morgan fingerprint density at radius 3 is 2.81 bits per heavy atom. The molecule has 3 heterocycles. The van der Waals surface area contributed by atoms with Crippen LogP contribution in [0.1, 0.15) is 28.8 Å². The standard InChI is InChI=1S/C28H29FN6O2/c1-17-13-20(6-7-21(17)28(36)34-11-9-30-23(16-34)18-3-4-18)33-26-27-32-15-24(35(27)12-10-31-26)19-5-8-25(37-2)22(29)14-19/h5-8,10,12-15,18,23,30H,3-4,9,11,16H2,1-2H3,(H,31,33). The van der Waals surface area contributed by atoms with Crippen LogP contribution >= 0.6 is 0 Å². The largest absolute Gasteiger partial charge is 0.494 e. The third-order valence-electron chi connectivity index (χ3n) is 7.28. The molecule has 2 N–H and O–H groups in total. The van der Waals surface area contributed by atoms with Crippen LogP contribution in [0.25, 0.3) is 16.9 Å². The van der Waals surface area contributed by atoms with Crippen LogP contribution < -0.4 is 15.4 Å². The molecule has 2 aromatic heterocycles. The van der Waals surface area contributed by atoms with Crippen LogP contribution in [-0.2, 0) is 0 Å². The average molecular weight is 501 g/mol. The fourth-order valence-electron chi connectivity index (χ4n) is 5.11. The molecule has 2 aliphatic rings. The number of hydrogen-bond donors (Lipinski definition) is 2. The zero-order chi connectivity index (χ0) is 25.5. The van der Waals surface area contributed by atoms with Gasteiger partial charge in [-0.2, -0.15) is 0 Å². The number of halogens is 1. The molecule has 1 saturated carbocycles. The van der Waals surface area contributed by atoms with Gasteiger partial charge in [0.25, 0.3) is 5.91 Å². The van der Waals surface area contributed by atoms with Gasteiger partial charge < -0.3 is 20.3 Å². The Hall–Kier alpha value is -3.98. The van der Waals surface area contributed by atoms with Gasteiger partial charge in [-0.05, 0) is 67.6 Å². The number of aryl methyl sites for hydroxylation is 1. The highest BCUT2D eigenvalue weighted by molar-refractivity contribution is 5.96. The van der Waals surface area contributed by atoms with E-state index in [0.29, 0.717) is 29.0 Å². The molecule has 190 valence electrons. The van der Waals surface area contributed by atoms with Gasteiger partial charge in [-0.3, -0.25) is 9.20 Å². The van der Waals surface area contributed by atoms with E-state index in [1.54, 1.807) is 30.7 Å². The van der Waals surface area contributed by atoms with Gasteiger partial charge >= 0.3 is 0 Å². The summed E-state index contributed by atoms with van der Waals surface area (Å²) >= 11 is 0. The number of hydrogen-bond acceptors (Lipinski definition) is 6. The third kappa shape index (κ3) is 4.51. The molecule has 1 aliphatic heterocycles. The molecule has 2 fully saturated rings. The molecular weight excluding hydrogens is 471 g/mol. The summed E-state index contributed by atoms with van der Waals surface area (Å²) in [6.45, 7) is 4.30. The van der Waals surface area contributed by atoms with Gasteiger partial charge in [0.05, 0.1) is 19.0 Å². The van der Waals surface area contributed by atoms with Gasteiger partial charge in [-0.25, -0.2) is 14.4 Å². The van der Waals surface area contributed by atoms with E-state index in [1.165, 1.54) is 26.0 Å². The Labute approximate surface area is 214 Å². The van der Waals surface area contributed by atoms with E-state index in [0.717, 1.165) is 42.1 Å². The van der Waals surface area contributed by atoms with Crippen LogP contribution in [0.2, 0.25) is 0 Å². The van der Waals surface area contributed by atoms with Gasteiger partial charge in [0.15, 0.2) is 23.0 Å². The molecule has 4 aromatic rings. The summed E-state index contributed by atoms with van der Waals surface area (Å²) in [6, 6.07) is 11.0. The molecule has 0 bridgehead atoms. The van der Waals surface area contributed by atoms with Gasteiger partial charge in [0.1, 0.15) is 0 Å². The maximum atomic E-state index is 14.3. The van der Waals surface area contributed by atoms with E-state index in [2.05, 4.69) is 20.6 Å². The highest BCUT2D eigenvalue weighted by atomic mass is 19.1. The lowest BCUT2D eigenvalue weighted by Gasteiger charge is -2.34. The third-order valence-corrected chi connectivity index (χ3v) is 7.28. The number of nitrogens with one attached hydrogen (secondary N) is 2. The molecule has 8 nitrogen and oxygen atoms in total. The second-order valence-corrected chi connectivity index (χ2v) is 9.77. The van der Waals surface area contributed by atoms with Crippen molar-refractivity contribution in [3.63, 3.8) is 0 Å². The Morgan fingerprint density at radius 1 is 1.19 bits per heavy atom. The second-order valence-electron chi connectivity index (χ2n) is 9.77. The molecular formula is C28H29FN6O2. The molecule has 37 heavy (non-hydrogen) atoms. The second kappa shape index (κ2) is 9.48. The number of fused-ring (bicyclic) bond motifs is 1. The van der Waals surface area contributed by atoms with Gasteiger partial charge in [-0.15, -0.1) is 0 Å². The van der Waals surface area contributed by atoms with Gasteiger partial charge in [0.2, 0.25) is 0 Å². The molecule has 1 saturated heterocycles. The summed E-state index contributed by atoms with van der Waals surface area (Å²) in [5.41, 5.74) is 4.46. The Bertz CT molecular complexity index is 1480. The number of ether oxygens (including phenoxy) is 1. The van der Waals surface area contributed by atoms with Crippen molar-refractivity contribution >= 4 is 23.1 Å². The Balaban J connectivity index is 1.23. The minimum absolute atomic E-state index is 0.0843. The normalized spacial score (nSPS) is 17.7. The van der Waals surface area contributed by atoms with E-state index in [-0.39, 0.29) is 11.7 Å². The van der Waals surface area contributed by atoms with Crippen molar-refractivity contribution in [3.8, 4) is 17.0 Å². The van der Waals surface area contributed by atoms with Crippen molar-refractivity contribution in [3.05, 3.63) is 71.9 Å². The molecule has 0 spiro atoms. The zero-order valence-electron chi connectivity index (χ0n) is 20.9. The predicted molar refractivity (Wildman–Crippen MR) is 140 cm³/mol. The SMILES string of the molecule is COc1ccc(-c2cnc3c(Nc4ccc(C(=O)N5CCNC(C6CC6)C5)c(C)c4)nccn23)cc1F. The van der Waals surface area contributed by atoms with Crippen molar-refractivity contribution < 1.29 is 13.9 Å². The first-order chi connectivity index (χ1) is 18.0. The first kappa shape index (κ1) is 23.4. The fraction of sp³-hybridized carbons (Fsp3) is 0.321. The lowest BCUT2D eigenvalue weighted by molar-refractivity contribution is 0.0694. The van der Waals surface area contributed by atoms with Crippen molar-refractivity contribution in [1.29, 1.82) is 0 Å². The van der Waals surface area contributed by atoms with Crippen molar-refractivity contribution in [1.82, 2.24) is 24.6 Å². The zero-order valence-corrected chi connectivity index (χ0v) is 20.9. The Kier molecular flexibility index (Phi) is 6.00. The number of benzene rings is 2. The number of aromatic nitrogens is 3. The summed E-state index contributed by atoms with van der Waals surface area (Å²) in [7, 11) is 1.44. The molecule has 1 amide bonds. The minimum atomic E-state index is -0.434. The van der Waals surface area contributed by atoms with Crippen molar-refractivity contribution in [2.24, 2.45) is 5.92 Å². The lowest BCUT2D eigenvalue weighted by atomic mass is 10.0. The highest BCUT2D eigenvalue weighted by Gasteiger charge is 2.35. The minimum Gasteiger partial charge on any atom is -0.494 e. The van der Waals surface area contributed by atoms with Gasteiger partial charge in [0, 0.05) is 54.9 Å². The molecule has 1 atom stereocenters. The topological polar surface area (TPSA) is 83.8 Å². The number of amides is 1. The molecule has 1 unspecified atom stereocenters. The maximum Gasteiger partial charge on any atom is 0.254 e. The summed E-state index contributed by atoms with van der Waals surface area (Å²) < 4.78 is 21.2. The molecule has 0 radical (unpaired) electrons. The number of anilines is 2. The number of methoxy groups -OCH3 is 1. The Morgan fingerprint density at radius 2 is 2.05 bits per heavy atom. The van der Waals surface area contributed by atoms with Crippen LogP contribution in [0.3, 0.4) is 0 Å². The summed E-state index contributed by atoms with van der Waals surface area (Å²) in [5.74, 6) is 1.12. The number of carbonyl (C=O) groups is 1. The fourth-order valence-corrected chi connectivity index (χ4v) is 5.11. The summed E-state index contributed by atoms with van der Waals surface area (Å²) in [5, 5.41) is 6.89. The average Bonchev–Trinajstić information content (AvgIpc) is 3.67. The van der Waals surface area contributed by atoms with Crippen LogP contribution in [0.15, 0.2) is 55.0 Å². The number of carbonyl (C=O) groups excluding carboxylic acids is 1. The molecule has 2 aromatic carbocycles. The van der Waals surface area contributed by atoms with E-state index in [1.807, 2.05) is 34.4 Å². The van der Waals surface area contributed by atoms with Crippen LogP contribution in [0.5, 0.6) is 5.75 Å². The molecule has 6 rings (SSSR count). The number of rotatable bonds is 6. The number of piperazine rings is 1. The maximum absolute atomic E-state index is 14.3. The quantitative estimate of drug-likeness (QED) is 0.408. The molecule has 9 heteroatoms. The number of nitrogens with zero attached hydrogens (tertiary/aromatic N) is 4. The van der Waals surface area contributed by atoms with Gasteiger partial charge in [-0.1, -0.05) is 0 Å². The monoisotopic (exact) mass is 500 g/mol. The van der Waals surface area contributed by atoms with E-state index >= 15 is 0 Å². The van der Waals surface area contributed by atoms with E-state index in [4.69, 9.17) is 4.74 Å². The first-order valence-electron chi connectivity index (χ1n) is 12.6. The summed E-state index contributed by atoms with van der Waals surface area (Å²) in [4.78, 5) is 24.3. The van der Waals surface area contributed by atoms with Crippen LogP contribution in [-0.4, -0.2) is 58.0 Å². The highest BCUT2D eigenvalue weighted by Crippen LogP contribution is 2.34. The van der Waals surface area contributed by atoms with Crippen molar-refractivity contribution in [2.45, 2.75) is 25.8 Å².